The first kappa shape index (κ1) is 10.5. The number of aromatic nitrogens is 1. The summed E-state index contributed by atoms with van der Waals surface area (Å²) >= 11 is 0. The minimum Gasteiger partial charge on any atom is -0.382 e. The molecular weight excluding hydrogens is 210 g/mol. The highest BCUT2D eigenvalue weighted by atomic mass is 15.0. The van der Waals surface area contributed by atoms with Crippen molar-refractivity contribution in [2.75, 3.05) is 18.4 Å². The van der Waals surface area contributed by atoms with Crippen molar-refractivity contribution in [2.45, 2.75) is 18.9 Å². The van der Waals surface area contributed by atoms with Gasteiger partial charge in [0, 0.05) is 24.2 Å². The first-order valence-electron chi connectivity index (χ1n) is 6.24. The first-order valence-corrected chi connectivity index (χ1v) is 6.24. The zero-order valence-corrected chi connectivity index (χ0v) is 9.82. The normalized spacial score (nSPS) is 19.6. The standard InChI is InChI=1S/C14H17N3/c1-4-11-5-2-9-16-14(11)13(7-1)17-10-12-6-3-8-15-12/h1-2,4-5,7,9,12,15,17H,3,6,8,10H2/t12-/m0/s1. The number of pyridine rings is 1. The minimum absolute atomic E-state index is 0.606. The fourth-order valence-electron chi connectivity index (χ4n) is 2.41. The van der Waals surface area contributed by atoms with E-state index in [-0.39, 0.29) is 0 Å². The Morgan fingerprint density at radius 1 is 1.29 bits per heavy atom. The van der Waals surface area contributed by atoms with Gasteiger partial charge in [-0.3, -0.25) is 4.98 Å². The second-order valence-electron chi connectivity index (χ2n) is 4.55. The molecule has 1 saturated heterocycles. The third-order valence-electron chi connectivity index (χ3n) is 3.33. The molecule has 88 valence electrons. The fourth-order valence-corrected chi connectivity index (χ4v) is 2.41. The molecule has 3 heteroatoms. The van der Waals surface area contributed by atoms with Crippen molar-refractivity contribution in [1.82, 2.24) is 10.3 Å². The van der Waals surface area contributed by atoms with E-state index in [2.05, 4.69) is 39.9 Å². The molecule has 3 rings (SSSR count). The molecule has 3 nitrogen and oxygen atoms in total. The number of benzene rings is 1. The Bertz CT molecular complexity index is 498. The highest BCUT2D eigenvalue weighted by Crippen LogP contribution is 2.20. The van der Waals surface area contributed by atoms with Gasteiger partial charge in [0.2, 0.25) is 0 Å². The molecule has 1 aromatic carbocycles. The summed E-state index contributed by atoms with van der Waals surface area (Å²) in [5.74, 6) is 0. The number of para-hydroxylation sites is 1. The zero-order chi connectivity index (χ0) is 11.5. The number of fused-ring (bicyclic) bond motifs is 1. The van der Waals surface area contributed by atoms with Crippen LogP contribution >= 0.6 is 0 Å². The average Bonchev–Trinajstić information content (AvgIpc) is 2.89. The molecule has 17 heavy (non-hydrogen) atoms. The summed E-state index contributed by atoms with van der Waals surface area (Å²) < 4.78 is 0. The van der Waals surface area contributed by atoms with Crippen molar-refractivity contribution < 1.29 is 0 Å². The van der Waals surface area contributed by atoms with Gasteiger partial charge in [-0.15, -0.1) is 0 Å². The number of anilines is 1. The quantitative estimate of drug-likeness (QED) is 0.845. The Kier molecular flexibility index (Phi) is 2.92. The molecule has 2 heterocycles. The summed E-state index contributed by atoms with van der Waals surface area (Å²) in [4.78, 5) is 4.44. The van der Waals surface area contributed by atoms with Gasteiger partial charge in [0.15, 0.2) is 0 Å². The molecule has 0 aliphatic carbocycles. The van der Waals surface area contributed by atoms with E-state index in [1.807, 2.05) is 12.3 Å². The number of hydrogen-bond donors (Lipinski definition) is 2. The molecule has 0 saturated carbocycles. The molecule has 1 aliphatic rings. The zero-order valence-electron chi connectivity index (χ0n) is 9.82. The summed E-state index contributed by atoms with van der Waals surface area (Å²) in [6.07, 6.45) is 4.41. The molecule has 0 spiro atoms. The largest absolute Gasteiger partial charge is 0.382 e. The van der Waals surface area contributed by atoms with Crippen LogP contribution in [0, 0.1) is 0 Å². The van der Waals surface area contributed by atoms with E-state index in [4.69, 9.17) is 0 Å². The lowest BCUT2D eigenvalue weighted by Crippen LogP contribution is -2.29. The number of nitrogens with zero attached hydrogens (tertiary/aromatic N) is 1. The molecule has 1 aromatic heterocycles. The Labute approximate surface area is 101 Å². The molecule has 2 aromatic rings. The summed E-state index contributed by atoms with van der Waals surface area (Å²) in [5, 5.41) is 8.19. The van der Waals surface area contributed by atoms with E-state index < -0.39 is 0 Å². The summed E-state index contributed by atoms with van der Waals surface area (Å²) in [5.41, 5.74) is 2.20. The topological polar surface area (TPSA) is 37.0 Å². The van der Waals surface area contributed by atoms with Gasteiger partial charge in [-0.05, 0) is 31.5 Å². The monoisotopic (exact) mass is 227 g/mol. The van der Waals surface area contributed by atoms with Gasteiger partial charge >= 0.3 is 0 Å². The Morgan fingerprint density at radius 2 is 2.24 bits per heavy atom. The summed E-state index contributed by atoms with van der Waals surface area (Å²) in [6, 6.07) is 11.0. The lowest BCUT2D eigenvalue weighted by molar-refractivity contribution is 0.634. The average molecular weight is 227 g/mol. The maximum Gasteiger partial charge on any atom is 0.0933 e. The summed E-state index contributed by atoms with van der Waals surface area (Å²) in [6.45, 7) is 2.13. The van der Waals surface area contributed by atoms with E-state index in [0.717, 1.165) is 24.3 Å². The Hall–Kier alpha value is -1.61. The number of nitrogens with one attached hydrogen (secondary N) is 2. The van der Waals surface area contributed by atoms with Crippen LogP contribution in [0.5, 0.6) is 0 Å². The predicted octanol–water partition coefficient (Wildman–Crippen LogP) is 2.40. The number of hydrogen-bond acceptors (Lipinski definition) is 3. The van der Waals surface area contributed by atoms with Crippen LogP contribution in [-0.2, 0) is 0 Å². The molecule has 0 radical (unpaired) electrons. The molecule has 1 atom stereocenters. The fraction of sp³-hybridized carbons (Fsp3) is 0.357. The molecule has 1 aliphatic heterocycles. The highest BCUT2D eigenvalue weighted by molar-refractivity contribution is 5.90. The molecule has 0 bridgehead atoms. The van der Waals surface area contributed by atoms with E-state index in [1.54, 1.807) is 0 Å². The maximum absolute atomic E-state index is 4.44. The smallest absolute Gasteiger partial charge is 0.0933 e. The van der Waals surface area contributed by atoms with Crippen LogP contribution in [0.15, 0.2) is 36.5 Å². The Morgan fingerprint density at radius 3 is 3.12 bits per heavy atom. The van der Waals surface area contributed by atoms with Crippen LogP contribution < -0.4 is 10.6 Å². The van der Waals surface area contributed by atoms with E-state index in [0.29, 0.717) is 6.04 Å². The van der Waals surface area contributed by atoms with Gasteiger partial charge in [-0.2, -0.15) is 0 Å². The lowest BCUT2D eigenvalue weighted by Gasteiger charge is -2.13. The van der Waals surface area contributed by atoms with Crippen molar-refractivity contribution in [3.63, 3.8) is 0 Å². The van der Waals surface area contributed by atoms with Crippen molar-refractivity contribution in [3.8, 4) is 0 Å². The third-order valence-corrected chi connectivity index (χ3v) is 3.33. The molecule has 0 unspecified atom stereocenters. The van der Waals surface area contributed by atoms with Crippen molar-refractivity contribution >= 4 is 16.6 Å². The van der Waals surface area contributed by atoms with Gasteiger partial charge in [-0.25, -0.2) is 0 Å². The van der Waals surface area contributed by atoms with Crippen LogP contribution in [0.25, 0.3) is 10.9 Å². The predicted molar refractivity (Wildman–Crippen MR) is 71.3 cm³/mol. The Balaban J connectivity index is 1.79. The minimum atomic E-state index is 0.606. The van der Waals surface area contributed by atoms with Gasteiger partial charge in [0.25, 0.3) is 0 Å². The third kappa shape index (κ3) is 2.24. The van der Waals surface area contributed by atoms with E-state index >= 15 is 0 Å². The second-order valence-corrected chi connectivity index (χ2v) is 4.55. The lowest BCUT2D eigenvalue weighted by atomic mass is 10.1. The van der Waals surface area contributed by atoms with E-state index in [1.165, 1.54) is 18.2 Å². The molecule has 2 N–H and O–H groups in total. The summed E-state index contributed by atoms with van der Waals surface area (Å²) in [7, 11) is 0. The van der Waals surface area contributed by atoms with Crippen LogP contribution in [0.2, 0.25) is 0 Å². The van der Waals surface area contributed by atoms with Gasteiger partial charge < -0.3 is 10.6 Å². The van der Waals surface area contributed by atoms with Gasteiger partial charge in [0.05, 0.1) is 11.2 Å². The van der Waals surface area contributed by atoms with Crippen molar-refractivity contribution in [2.24, 2.45) is 0 Å². The molecule has 0 amide bonds. The molecule has 1 fully saturated rings. The van der Waals surface area contributed by atoms with Crippen LogP contribution in [0.3, 0.4) is 0 Å². The maximum atomic E-state index is 4.44. The van der Waals surface area contributed by atoms with Crippen LogP contribution in [0.1, 0.15) is 12.8 Å². The second kappa shape index (κ2) is 4.72. The van der Waals surface area contributed by atoms with Gasteiger partial charge in [0.1, 0.15) is 0 Å². The van der Waals surface area contributed by atoms with E-state index in [9.17, 15) is 0 Å². The van der Waals surface area contributed by atoms with Gasteiger partial charge in [-0.1, -0.05) is 18.2 Å². The SMILES string of the molecule is c1cnc2c(NC[C@@H]3CCCN3)cccc2c1. The number of rotatable bonds is 3. The molecular formula is C14H17N3. The van der Waals surface area contributed by atoms with Crippen LogP contribution in [-0.4, -0.2) is 24.1 Å². The first-order chi connectivity index (χ1) is 8.43. The van der Waals surface area contributed by atoms with Crippen molar-refractivity contribution in [1.29, 1.82) is 0 Å². The highest BCUT2D eigenvalue weighted by Gasteiger charge is 2.13. The van der Waals surface area contributed by atoms with Crippen LogP contribution in [0.4, 0.5) is 5.69 Å². The van der Waals surface area contributed by atoms with Crippen molar-refractivity contribution in [3.05, 3.63) is 36.5 Å².